The van der Waals surface area contributed by atoms with Crippen LogP contribution in [0.5, 0.6) is 0 Å². The zero-order valence-corrected chi connectivity index (χ0v) is 10.1. The summed E-state index contributed by atoms with van der Waals surface area (Å²) in [6.45, 7) is 6.12. The monoisotopic (exact) mass is 210 g/mol. The molecule has 1 unspecified atom stereocenters. The first kappa shape index (κ1) is 11.4. The molecule has 2 fully saturated rings. The van der Waals surface area contributed by atoms with Crippen molar-refractivity contribution >= 4 is 0 Å². The van der Waals surface area contributed by atoms with E-state index in [1.165, 1.54) is 58.2 Å². The van der Waals surface area contributed by atoms with Crippen LogP contribution in [-0.4, -0.2) is 30.6 Å². The predicted octanol–water partition coefficient (Wildman–Crippen LogP) is 2.24. The lowest BCUT2D eigenvalue weighted by atomic mass is 9.90. The van der Waals surface area contributed by atoms with E-state index in [0.717, 1.165) is 11.8 Å². The molecule has 15 heavy (non-hydrogen) atoms. The van der Waals surface area contributed by atoms with Crippen molar-refractivity contribution in [3.05, 3.63) is 0 Å². The lowest BCUT2D eigenvalue weighted by Gasteiger charge is -2.35. The van der Waals surface area contributed by atoms with E-state index in [1.807, 2.05) is 0 Å². The highest BCUT2D eigenvalue weighted by atomic mass is 15.1. The van der Waals surface area contributed by atoms with Gasteiger partial charge in [0, 0.05) is 12.6 Å². The minimum Gasteiger partial charge on any atom is -0.328 e. The zero-order valence-electron chi connectivity index (χ0n) is 10.1. The first-order valence-corrected chi connectivity index (χ1v) is 6.73. The minimum absolute atomic E-state index is 0.402. The number of nitrogens with zero attached hydrogens (tertiary/aromatic N) is 1. The Kier molecular flexibility index (Phi) is 4.04. The molecule has 0 aromatic carbocycles. The highest BCUT2D eigenvalue weighted by Crippen LogP contribution is 2.27. The molecule has 0 aromatic rings. The summed E-state index contributed by atoms with van der Waals surface area (Å²) in [4.78, 5) is 2.68. The molecule has 1 atom stereocenters. The van der Waals surface area contributed by atoms with E-state index in [1.54, 1.807) is 0 Å². The topological polar surface area (TPSA) is 29.3 Å². The van der Waals surface area contributed by atoms with Crippen LogP contribution in [-0.2, 0) is 0 Å². The Balaban J connectivity index is 1.68. The van der Waals surface area contributed by atoms with Crippen LogP contribution in [0.25, 0.3) is 0 Å². The Morgan fingerprint density at radius 3 is 2.27 bits per heavy atom. The van der Waals surface area contributed by atoms with Gasteiger partial charge in [0.25, 0.3) is 0 Å². The molecule has 0 bridgehead atoms. The maximum Gasteiger partial charge on any atom is 0.00397 e. The number of piperidine rings is 1. The van der Waals surface area contributed by atoms with E-state index in [0.29, 0.717) is 6.04 Å². The maximum absolute atomic E-state index is 5.96. The molecule has 0 radical (unpaired) electrons. The van der Waals surface area contributed by atoms with Gasteiger partial charge in [-0.15, -0.1) is 0 Å². The van der Waals surface area contributed by atoms with Gasteiger partial charge in [-0.3, -0.25) is 0 Å². The molecule has 1 aliphatic carbocycles. The van der Waals surface area contributed by atoms with Crippen molar-refractivity contribution in [2.75, 3.05) is 19.6 Å². The Morgan fingerprint density at radius 1 is 1.13 bits per heavy atom. The van der Waals surface area contributed by atoms with Crippen LogP contribution in [0.15, 0.2) is 0 Å². The van der Waals surface area contributed by atoms with Crippen molar-refractivity contribution in [1.82, 2.24) is 4.90 Å². The van der Waals surface area contributed by atoms with Gasteiger partial charge in [0.15, 0.2) is 0 Å². The van der Waals surface area contributed by atoms with Crippen molar-refractivity contribution < 1.29 is 0 Å². The molecule has 2 heteroatoms. The number of hydrogen-bond acceptors (Lipinski definition) is 2. The van der Waals surface area contributed by atoms with Gasteiger partial charge >= 0.3 is 0 Å². The summed E-state index contributed by atoms with van der Waals surface area (Å²) >= 11 is 0. The van der Waals surface area contributed by atoms with E-state index in [-0.39, 0.29) is 0 Å². The molecule has 1 saturated carbocycles. The molecule has 2 nitrogen and oxygen atoms in total. The lowest BCUT2D eigenvalue weighted by Crippen LogP contribution is -2.41. The van der Waals surface area contributed by atoms with E-state index >= 15 is 0 Å². The standard InChI is InChI=1S/C13H26N2/c1-11(14)13-6-8-15(9-7-13)10-12-4-2-3-5-12/h11-13H,2-10,14H2,1H3. The average molecular weight is 210 g/mol. The maximum atomic E-state index is 5.96. The second kappa shape index (κ2) is 5.31. The van der Waals surface area contributed by atoms with E-state index in [4.69, 9.17) is 5.73 Å². The fourth-order valence-electron chi connectivity index (χ4n) is 3.22. The average Bonchev–Trinajstić information content (AvgIpc) is 2.71. The third kappa shape index (κ3) is 3.18. The van der Waals surface area contributed by atoms with Crippen molar-refractivity contribution in [1.29, 1.82) is 0 Å². The first-order valence-electron chi connectivity index (χ1n) is 6.73. The molecule has 2 rings (SSSR count). The second-order valence-corrected chi connectivity index (χ2v) is 5.65. The molecule has 1 saturated heterocycles. The number of rotatable bonds is 3. The third-order valence-electron chi connectivity index (χ3n) is 4.37. The van der Waals surface area contributed by atoms with Crippen LogP contribution in [0.4, 0.5) is 0 Å². The molecule has 2 aliphatic rings. The van der Waals surface area contributed by atoms with E-state index in [2.05, 4.69) is 11.8 Å². The van der Waals surface area contributed by atoms with Gasteiger partial charge in [-0.2, -0.15) is 0 Å². The second-order valence-electron chi connectivity index (χ2n) is 5.65. The highest BCUT2D eigenvalue weighted by molar-refractivity contribution is 4.79. The molecule has 1 heterocycles. The largest absolute Gasteiger partial charge is 0.328 e. The summed E-state index contributed by atoms with van der Waals surface area (Å²) in [5.74, 6) is 1.79. The lowest BCUT2D eigenvalue weighted by molar-refractivity contribution is 0.151. The Bertz CT molecular complexity index is 177. The van der Waals surface area contributed by atoms with Gasteiger partial charge in [-0.05, 0) is 57.5 Å². The summed E-state index contributed by atoms with van der Waals surface area (Å²) in [5.41, 5.74) is 5.96. The number of nitrogens with two attached hydrogens (primary N) is 1. The van der Waals surface area contributed by atoms with Gasteiger partial charge in [-0.25, -0.2) is 0 Å². The van der Waals surface area contributed by atoms with Crippen LogP contribution in [0.1, 0.15) is 45.4 Å². The van der Waals surface area contributed by atoms with Crippen LogP contribution in [0, 0.1) is 11.8 Å². The molecule has 0 aromatic heterocycles. The van der Waals surface area contributed by atoms with Crippen molar-refractivity contribution in [2.24, 2.45) is 17.6 Å². The Hall–Kier alpha value is -0.0800. The zero-order chi connectivity index (χ0) is 10.7. The molecule has 1 aliphatic heterocycles. The fraction of sp³-hybridized carbons (Fsp3) is 1.00. The molecule has 2 N–H and O–H groups in total. The summed E-state index contributed by atoms with van der Waals surface area (Å²) in [6.07, 6.45) is 8.55. The molecular formula is C13H26N2. The van der Waals surface area contributed by atoms with Gasteiger partial charge in [-0.1, -0.05) is 12.8 Å². The van der Waals surface area contributed by atoms with Gasteiger partial charge < -0.3 is 10.6 Å². The molecule has 0 amide bonds. The summed E-state index contributed by atoms with van der Waals surface area (Å²) < 4.78 is 0. The Labute approximate surface area is 94.2 Å². The quantitative estimate of drug-likeness (QED) is 0.774. The summed E-state index contributed by atoms with van der Waals surface area (Å²) in [7, 11) is 0. The van der Waals surface area contributed by atoms with Gasteiger partial charge in [0.2, 0.25) is 0 Å². The number of hydrogen-bond donors (Lipinski definition) is 1. The first-order chi connectivity index (χ1) is 7.25. The van der Waals surface area contributed by atoms with Crippen LogP contribution in [0.3, 0.4) is 0 Å². The van der Waals surface area contributed by atoms with Gasteiger partial charge in [0.05, 0.1) is 0 Å². The van der Waals surface area contributed by atoms with Crippen molar-refractivity contribution in [3.8, 4) is 0 Å². The van der Waals surface area contributed by atoms with Crippen LogP contribution >= 0.6 is 0 Å². The minimum atomic E-state index is 0.402. The molecule has 0 spiro atoms. The SMILES string of the molecule is CC(N)C1CCN(CC2CCCC2)CC1. The number of likely N-dealkylation sites (tertiary alicyclic amines) is 1. The van der Waals surface area contributed by atoms with Crippen molar-refractivity contribution in [3.63, 3.8) is 0 Å². The van der Waals surface area contributed by atoms with E-state index in [9.17, 15) is 0 Å². The third-order valence-corrected chi connectivity index (χ3v) is 4.37. The smallest absolute Gasteiger partial charge is 0.00397 e. The van der Waals surface area contributed by atoms with Crippen molar-refractivity contribution in [2.45, 2.75) is 51.5 Å². The van der Waals surface area contributed by atoms with Crippen LogP contribution < -0.4 is 5.73 Å². The summed E-state index contributed by atoms with van der Waals surface area (Å²) in [5, 5.41) is 0. The molecule has 88 valence electrons. The van der Waals surface area contributed by atoms with Gasteiger partial charge in [0.1, 0.15) is 0 Å². The summed E-state index contributed by atoms with van der Waals surface area (Å²) in [6, 6.07) is 0.402. The predicted molar refractivity (Wildman–Crippen MR) is 64.8 cm³/mol. The Morgan fingerprint density at radius 2 is 1.73 bits per heavy atom. The fourth-order valence-corrected chi connectivity index (χ4v) is 3.22. The van der Waals surface area contributed by atoms with Crippen LogP contribution in [0.2, 0.25) is 0 Å². The van der Waals surface area contributed by atoms with E-state index < -0.39 is 0 Å². The molecular weight excluding hydrogens is 184 g/mol. The highest BCUT2D eigenvalue weighted by Gasteiger charge is 2.24. The normalized spacial score (nSPS) is 28.4.